The third-order valence-corrected chi connectivity index (χ3v) is 4.65. The molecule has 0 spiro atoms. The number of fused-ring (bicyclic) bond motifs is 1. The van der Waals surface area contributed by atoms with Gasteiger partial charge in [-0.05, 0) is 42.5 Å². The molecule has 126 valence electrons. The van der Waals surface area contributed by atoms with Crippen LogP contribution in [-0.4, -0.2) is 23.9 Å². The highest BCUT2D eigenvalue weighted by atomic mass is 19.1. The first-order valence-corrected chi connectivity index (χ1v) is 7.86. The van der Waals surface area contributed by atoms with E-state index in [9.17, 15) is 13.2 Å². The first-order chi connectivity index (χ1) is 11.5. The van der Waals surface area contributed by atoms with Crippen molar-refractivity contribution in [2.24, 2.45) is 0 Å². The minimum absolute atomic E-state index is 0.0539. The van der Waals surface area contributed by atoms with Crippen LogP contribution in [0.4, 0.5) is 19.0 Å². The summed E-state index contributed by atoms with van der Waals surface area (Å²) in [6.45, 7) is 0.757. The maximum atomic E-state index is 14.6. The Morgan fingerprint density at radius 1 is 1.12 bits per heavy atom. The molecular formula is C17H16F3N3O. The lowest BCUT2D eigenvalue weighted by atomic mass is 9.95. The number of rotatable bonds is 3. The van der Waals surface area contributed by atoms with Crippen LogP contribution in [0.1, 0.15) is 29.5 Å². The molecule has 0 amide bonds. The number of alkyl halides is 1. The highest BCUT2D eigenvalue weighted by Crippen LogP contribution is 2.50. The van der Waals surface area contributed by atoms with E-state index in [0.29, 0.717) is 43.9 Å². The van der Waals surface area contributed by atoms with E-state index < -0.39 is 17.3 Å². The Morgan fingerprint density at radius 2 is 1.83 bits per heavy atom. The van der Waals surface area contributed by atoms with E-state index in [1.54, 1.807) is 7.05 Å². The van der Waals surface area contributed by atoms with Gasteiger partial charge >= 0.3 is 0 Å². The van der Waals surface area contributed by atoms with Gasteiger partial charge in [0.05, 0.1) is 18.8 Å². The minimum atomic E-state index is -1.59. The van der Waals surface area contributed by atoms with Gasteiger partial charge in [0.2, 0.25) is 0 Å². The number of ether oxygens (including phenoxy) is 1. The summed E-state index contributed by atoms with van der Waals surface area (Å²) in [7, 11) is 1.70. The van der Waals surface area contributed by atoms with Gasteiger partial charge in [-0.15, -0.1) is 10.2 Å². The molecule has 0 radical (unpaired) electrons. The number of halogens is 3. The molecule has 0 saturated heterocycles. The van der Waals surface area contributed by atoms with Crippen molar-refractivity contribution in [3.05, 3.63) is 40.5 Å². The van der Waals surface area contributed by atoms with E-state index in [4.69, 9.17) is 4.74 Å². The van der Waals surface area contributed by atoms with Gasteiger partial charge in [-0.3, -0.25) is 0 Å². The molecule has 1 fully saturated rings. The van der Waals surface area contributed by atoms with Crippen molar-refractivity contribution < 1.29 is 17.9 Å². The third-order valence-electron chi connectivity index (χ3n) is 4.65. The fraction of sp³-hybridized carbons (Fsp3) is 0.412. The van der Waals surface area contributed by atoms with Crippen LogP contribution in [0.3, 0.4) is 0 Å². The van der Waals surface area contributed by atoms with E-state index in [2.05, 4.69) is 15.5 Å². The standard InChI is InChI=1S/C17H16F3N3O/c1-21-16-11-8-24-5-2-10(11)15(22-23-16)14-12(18)6-9(7-13(14)19)17(20)3-4-17/h6-7H,2-5,8H2,1H3,(H,21,23). The van der Waals surface area contributed by atoms with Gasteiger partial charge in [0.1, 0.15) is 23.0 Å². The van der Waals surface area contributed by atoms with Crippen molar-refractivity contribution in [1.29, 1.82) is 0 Å². The zero-order chi connectivity index (χ0) is 16.9. The quantitative estimate of drug-likeness (QED) is 0.933. The Labute approximate surface area is 137 Å². The smallest absolute Gasteiger partial charge is 0.154 e. The van der Waals surface area contributed by atoms with Gasteiger partial charge in [-0.1, -0.05) is 0 Å². The van der Waals surface area contributed by atoms with Gasteiger partial charge in [0.25, 0.3) is 0 Å². The summed E-state index contributed by atoms with van der Waals surface area (Å²) >= 11 is 0. The number of anilines is 1. The van der Waals surface area contributed by atoms with Crippen LogP contribution in [0.15, 0.2) is 12.1 Å². The highest BCUT2D eigenvalue weighted by Gasteiger charge is 2.45. The predicted molar refractivity (Wildman–Crippen MR) is 82.3 cm³/mol. The second kappa shape index (κ2) is 5.44. The zero-order valence-corrected chi connectivity index (χ0v) is 13.1. The van der Waals surface area contributed by atoms with Crippen LogP contribution in [-0.2, 0) is 23.4 Å². The summed E-state index contributed by atoms with van der Waals surface area (Å²) in [5.74, 6) is -1.09. The molecule has 0 atom stereocenters. The van der Waals surface area contributed by atoms with Gasteiger partial charge in [0, 0.05) is 12.6 Å². The molecule has 7 heteroatoms. The molecule has 4 nitrogen and oxygen atoms in total. The molecule has 2 aliphatic rings. The minimum Gasteiger partial charge on any atom is -0.376 e. The average molecular weight is 335 g/mol. The van der Waals surface area contributed by atoms with Crippen LogP contribution in [0.25, 0.3) is 11.3 Å². The molecule has 2 aromatic rings. The van der Waals surface area contributed by atoms with Crippen molar-refractivity contribution in [1.82, 2.24) is 10.2 Å². The maximum absolute atomic E-state index is 14.6. The summed E-state index contributed by atoms with van der Waals surface area (Å²) in [5.41, 5.74) is -0.157. The number of hydrogen-bond acceptors (Lipinski definition) is 4. The lowest BCUT2D eigenvalue weighted by Gasteiger charge is -2.21. The van der Waals surface area contributed by atoms with Gasteiger partial charge in [-0.25, -0.2) is 13.2 Å². The van der Waals surface area contributed by atoms with Gasteiger partial charge in [-0.2, -0.15) is 0 Å². The highest BCUT2D eigenvalue weighted by molar-refractivity contribution is 5.69. The summed E-state index contributed by atoms with van der Waals surface area (Å²) in [6.07, 6.45) is 1.09. The Bertz CT molecular complexity index is 798. The van der Waals surface area contributed by atoms with Crippen LogP contribution >= 0.6 is 0 Å². The second-order valence-electron chi connectivity index (χ2n) is 6.19. The monoisotopic (exact) mass is 335 g/mol. The predicted octanol–water partition coefficient (Wildman–Crippen LogP) is 3.49. The Morgan fingerprint density at radius 3 is 2.46 bits per heavy atom. The molecule has 4 rings (SSSR count). The molecule has 0 unspecified atom stereocenters. The molecule has 1 N–H and O–H groups in total. The summed E-state index contributed by atoms with van der Waals surface area (Å²) in [4.78, 5) is 0. The molecule has 1 aromatic carbocycles. The van der Waals surface area contributed by atoms with E-state index >= 15 is 0 Å². The topological polar surface area (TPSA) is 47.0 Å². The largest absolute Gasteiger partial charge is 0.376 e. The number of nitrogens with one attached hydrogen (secondary N) is 1. The first kappa shape index (κ1) is 15.4. The van der Waals surface area contributed by atoms with Crippen LogP contribution in [0, 0.1) is 11.6 Å². The number of aromatic nitrogens is 2. The van der Waals surface area contributed by atoms with Crippen molar-refractivity contribution in [2.45, 2.75) is 31.5 Å². The molecular weight excluding hydrogens is 319 g/mol. The van der Waals surface area contributed by atoms with Gasteiger partial charge < -0.3 is 10.1 Å². The van der Waals surface area contributed by atoms with Crippen LogP contribution < -0.4 is 5.32 Å². The fourth-order valence-electron chi connectivity index (χ4n) is 3.14. The third kappa shape index (κ3) is 2.34. The van der Waals surface area contributed by atoms with Crippen molar-refractivity contribution in [3.63, 3.8) is 0 Å². The van der Waals surface area contributed by atoms with E-state index in [1.165, 1.54) is 0 Å². The SMILES string of the molecule is CNc1nnc(-c2c(F)cc(C3(F)CC3)cc2F)c2c1COCC2. The molecule has 1 saturated carbocycles. The normalized spacial score (nSPS) is 18.2. The van der Waals surface area contributed by atoms with E-state index in [1.807, 2.05) is 0 Å². The van der Waals surface area contributed by atoms with Gasteiger partial charge in [0.15, 0.2) is 5.82 Å². The van der Waals surface area contributed by atoms with Crippen molar-refractivity contribution >= 4 is 5.82 Å². The summed E-state index contributed by atoms with van der Waals surface area (Å²) in [5, 5.41) is 10.9. The molecule has 1 aromatic heterocycles. The van der Waals surface area contributed by atoms with Crippen LogP contribution in [0.5, 0.6) is 0 Å². The number of benzene rings is 1. The maximum Gasteiger partial charge on any atom is 0.154 e. The molecule has 24 heavy (non-hydrogen) atoms. The van der Waals surface area contributed by atoms with E-state index in [-0.39, 0.29) is 16.8 Å². The Balaban J connectivity index is 1.88. The summed E-state index contributed by atoms with van der Waals surface area (Å²) < 4.78 is 48.7. The second-order valence-corrected chi connectivity index (χ2v) is 6.19. The molecule has 1 aliphatic heterocycles. The zero-order valence-electron chi connectivity index (χ0n) is 13.1. The average Bonchev–Trinajstić information content (AvgIpc) is 3.33. The van der Waals surface area contributed by atoms with Crippen LogP contribution in [0.2, 0.25) is 0 Å². The molecule has 0 bridgehead atoms. The van der Waals surface area contributed by atoms with E-state index in [0.717, 1.165) is 17.7 Å². The molecule has 1 aliphatic carbocycles. The number of nitrogens with zero attached hydrogens (tertiary/aromatic N) is 2. The lowest BCUT2D eigenvalue weighted by Crippen LogP contribution is -2.17. The summed E-state index contributed by atoms with van der Waals surface area (Å²) in [6, 6.07) is 2.15. The number of hydrogen-bond donors (Lipinski definition) is 1. The Kier molecular flexibility index (Phi) is 3.49. The Hall–Kier alpha value is -2.15. The lowest BCUT2D eigenvalue weighted by molar-refractivity contribution is 0.111. The van der Waals surface area contributed by atoms with Crippen molar-refractivity contribution in [2.75, 3.05) is 19.0 Å². The fourth-order valence-corrected chi connectivity index (χ4v) is 3.14. The van der Waals surface area contributed by atoms with Crippen molar-refractivity contribution in [3.8, 4) is 11.3 Å². The first-order valence-electron chi connectivity index (χ1n) is 7.86. The molecule has 2 heterocycles.